The molecule has 0 unspecified atom stereocenters. The molecule has 1 aromatic heterocycles. The van der Waals surface area contributed by atoms with Gasteiger partial charge in [-0.3, -0.25) is 4.79 Å². The fourth-order valence-corrected chi connectivity index (χ4v) is 4.36. The number of pyridine rings is 1. The van der Waals surface area contributed by atoms with Crippen LogP contribution in [-0.2, 0) is 0 Å². The third kappa shape index (κ3) is 3.06. The van der Waals surface area contributed by atoms with Crippen LogP contribution in [0, 0.1) is 11.2 Å². The molecular weight excluding hydrogens is 377 g/mol. The number of aromatic nitrogens is 1. The number of nitrogens with zero attached hydrogens (tertiary/aromatic N) is 2. The lowest BCUT2D eigenvalue weighted by atomic mass is 9.80. The number of carboxylic acid groups (broad SMARTS) is 1. The first kappa shape index (κ1) is 19.7. The number of nitrogens with two attached hydrogens (primary N) is 1. The van der Waals surface area contributed by atoms with E-state index in [0.29, 0.717) is 12.1 Å². The average Bonchev–Trinajstić information content (AvgIpc) is 3.49. The van der Waals surface area contributed by atoms with E-state index in [1.165, 1.54) is 13.3 Å². The lowest BCUT2D eigenvalue weighted by molar-refractivity contribution is 0.0695. The van der Waals surface area contributed by atoms with E-state index < -0.39 is 23.4 Å². The van der Waals surface area contributed by atoms with Gasteiger partial charge in [0, 0.05) is 18.8 Å². The Morgan fingerprint density at radius 3 is 2.66 bits per heavy atom. The summed E-state index contributed by atoms with van der Waals surface area (Å²) >= 11 is 0. The maximum absolute atomic E-state index is 15.4. The van der Waals surface area contributed by atoms with Crippen LogP contribution in [0.25, 0.3) is 10.9 Å². The first-order valence-corrected chi connectivity index (χ1v) is 9.88. The minimum atomic E-state index is -1.32. The molecule has 1 aromatic carbocycles. The molecule has 1 aliphatic carbocycles. The van der Waals surface area contributed by atoms with Crippen molar-refractivity contribution >= 4 is 22.6 Å². The second-order valence-corrected chi connectivity index (χ2v) is 8.68. The fourth-order valence-electron chi connectivity index (χ4n) is 4.36. The van der Waals surface area contributed by atoms with Crippen LogP contribution in [0.5, 0.6) is 5.75 Å². The van der Waals surface area contributed by atoms with Gasteiger partial charge >= 0.3 is 5.97 Å². The van der Waals surface area contributed by atoms with Gasteiger partial charge in [0.15, 0.2) is 11.6 Å². The third-order valence-electron chi connectivity index (χ3n) is 6.22. The van der Waals surface area contributed by atoms with Crippen molar-refractivity contribution in [3.8, 4) is 5.75 Å². The van der Waals surface area contributed by atoms with Crippen LogP contribution >= 0.6 is 0 Å². The standard InChI is InChI=1S/C21H26FN3O4/c1-21(2)7-4-8-24(20(21)23)16-14(22)9-12-15(18(16)29-3)25(11-5-6-11)10-13(17(12)26)19(27)28/h9-11,20H,4-8,23H2,1-3H3,(H,27,28)/t20-/m0/s1. The number of ether oxygens (including phenoxy) is 1. The number of halogens is 1. The minimum absolute atomic E-state index is 0.0136. The quantitative estimate of drug-likeness (QED) is 0.814. The second kappa shape index (κ2) is 6.73. The zero-order valence-corrected chi connectivity index (χ0v) is 16.9. The van der Waals surface area contributed by atoms with Gasteiger partial charge in [-0.2, -0.15) is 0 Å². The maximum atomic E-state index is 15.4. The van der Waals surface area contributed by atoms with Crippen LogP contribution in [0.4, 0.5) is 10.1 Å². The number of anilines is 1. The van der Waals surface area contributed by atoms with Crippen molar-refractivity contribution in [3.63, 3.8) is 0 Å². The Hall–Kier alpha value is -2.61. The number of carbonyl (C=O) groups is 1. The largest absolute Gasteiger partial charge is 0.492 e. The third-order valence-corrected chi connectivity index (χ3v) is 6.22. The van der Waals surface area contributed by atoms with Crippen LogP contribution in [0.15, 0.2) is 17.1 Å². The predicted molar refractivity (Wildman–Crippen MR) is 108 cm³/mol. The molecule has 1 saturated carbocycles. The topological polar surface area (TPSA) is 97.8 Å². The van der Waals surface area contributed by atoms with Crippen molar-refractivity contribution in [2.24, 2.45) is 11.1 Å². The van der Waals surface area contributed by atoms with Gasteiger partial charge in [-0.15, -0.1) is 0 Å². The Balaban J connectivity index is 2.04. The monoisotopic (exact) mass is 403 g/mol. The number of fused-ring (bicyclic) bond motifs is 1. The van der Waals surface area contributed by atoms with Gasteiger partial charge in [-0.05, 0) is 37.2 Å². The fraction of sp³-hybridized carbons (Fsp3) is 0.524. The summed E-state index contributed by atoms with van der Waals surface area (Å²) in [5.41, 5.74) is 5.86. The van der Waals surface area contributed by atoms with E-state index in [4.69, 9.17) is 10.5 Å². The van der Waals surface area contributed by atoms with Gasteiger partial charge in [-0.25, -0.2) is 9.18 Å². The maximum Gasteiger partial charge on any atom is 0.341 e. The van der Waals surface area contributed by atoms with E-state index in [-0.39, 0.29) is 33.8 Å². The molecule has 0 amide bonds. The van der Waals surface area contributed by atoms with Crippen molar-refractivity contribution in [2.45, 2.75) is 51.7 Å². The lowest BCUT2D eigenvalue weighted by Crippen LogP contribution is -2.55. The highest BCUT2D eigenvalue weighted by Gasteiger charge is 2.39. The van der Waals surface area contributed by atoms with Gasteiger partial charge in [0.2, 0.25) is 5.43 Å². The molecule has 29 heavy (non-hydrogen) atoms. The highest BCUT2D eigenvalue weighted by molar-refractivity contribution is 5.97. The first-order valence-electron chi connectivity index (χ1n) is 9.88. The van der Waals surface area contributed by atoms with Crippen molar-refractivity contribution in [1.82, 2.24) is 4.57 Å². The number of piperidine rings is 1. The molecule has 7 nitrogen and oxygen atoms in total. The Bertz CT molecular complexity index is 1060. The molecule has 3 N–H and O–H groups in total. The number of hydrogen-bond donors (Lipinski definition) is 2. The average molecular weight is 403 g/mol. The Labute approximate surface area is 167 Å². The molecule has 0 bridgehead atoms. The first-order chi connectivity index (χ1) is 13.7. The summed E-state index contributed by atoms with van der Waals surface area (Å²) in [5.74, 6) is -1.73. The molecular formula is C21H26FN3O4. The highest BCUT2D eigenvalue weighted by Crippen LogP contribution is 2.46. The van der Waals surface area contributed by atoms with Crippen molar-refractivity contribution in [1.29, 1.82) is 0 Å². The zero-order valence-electron chi connectivity index (χ0n) is 16.9. The van der Waals surface area contributed by atoms with E-state index in [2.05, 4.69) is 13.8 Å². The summed E-state index contributed by atoms with van der Waals surface area (Å²) in [6, 6.07) is 1.20. The molecule has 2 heterocycles. The molecule has 2 fully saturated rings. The van der Waals surface area contributed by atoms with Gasteiger partial charge in [0.05, 0.1) is 24.2 Å². The molecule has 0 spiro atoms. The molecule has 2 aliphatic rings. The number of aromatic carboxylic acids is 1. The molecule has 4 rings (SSSR count). The summed E-state index contributed by atoms with van der Waals surface area (Å²) in [5, 5.41) is 9.45. The Kier molecular flexibility index (Phi) is 4.57. The molecule has 1 saturated heterocycles. The lowest BCUT2D eigenvalue weighted by Gasteiger charge is -2.46. The second-order valence-electron chi connectivity index (χ2n) is 8.68. The van der Waals surface area contributed by atoms with Crippen LogP contribution in [0.1, 0.15) is 55.9 Å². The van der Waals surface area contributed by atoms with E-state index in [1.54, 1.807) is 4.57 Å². The Morgan fingerprint density at radius 2 is 2.07 bits per heavy atom. The summed E-state index contributed by atoms with van der Waals surface area (Å²) < 4.78 is 22.8. The van der Waals surface area contributed by atoms with Gasteiger partial charge in [0.25, 0.3) is 0 Å². The van der Waals surface area contributed by atoms with E-state index >= 15 is 4.39 Å². The van der Waals surface area contributed by atoms with E-state index in [9.17, 15) is 14.7 Å². The molecule has 156 valence electrons. The summed E-state index contributed by atoms with van der Waals surface area (Å²) in [6.07, 6.45) is 4.45. The Morgan fingerprint density at radius 1 is 1.38 bits per heavy atom. The van der Waals surface area contributed by atoms with Gasteiger partial charge < -0.3 is 25.0 Å². The minimum Gasteiger partial charge on any atom is -0.492 e. The van der Waals surface area contributed by atoms with Crippen LogP contribution in [-0.4, -0.2) is 35.5 Å². The van der Waals surface area contributed by atoms with E-state index in [0.717, 1.165) is 31.7 Å². The molecule has 1 aliphatic heterocycles. The number of carboxylic acids is 1. The van der Waals surface area contributed by atoms with Crippen molar-refractivity contribution < 1.29 is 19.0 Å². The molecule has 1 atom stereocenters. The number of benzene rings is 1. The van der Waals surface area contributed by atoms with Crippen molar-refractivity contribution in [2.75, 3.05) is 18.6 Å². The van der Waals surface area contributed by atoms with E-state index in [1.807, 2.05) is 4.90 Å². The van der Waals surface area contributed by atoms with Crippen molar-refractivity contribution in [3.05, 3.63) is 33.9 Å². The summed E-state index contributed by atoms with van der Waals surface area (Å²) in [7, 11) is 1.44. The number of rotatable bonds is 4. The number of methoxy groups -OCH3 is 1. The zero-order chi connectivity index (χ0) is 21.1. The van der Waals surface area contributed by atoms with Crippen LogP contribution < -0.4 is 20.8 Å². The smallest absolute Gasteiger partial charge is 0.341 e. The molecule has 0 radical (unpaired) electrons. The highest BCUT2D eigenvalue weighted by atomic mass is 19.1. The summed E-state index contributed by atoms with van der Waals surface area (Å²) in [4.78, 5) is 26.2. The normalized spacial score (nSPS) is 21.4. The van der Waals surface area contributed by atoms with Crippen LogP contribution in [0.2, 0.25) is 0 Å². The SMILES string of the molecule is COc1c(N2CCCC(C)(C)[C@H]2N)c(F)cc2c(=O)c(C(=O)O)cn(C3CC3)c12. The number of hydrogen-bond acceptors (Lipinski definition) is 5. The van der Waals surface area contributed by atoms with Crippen LogP contribution in [0.3, 0.4) is 0 Å². The predicted octanol–water partition coefficient (Wildman–Crippen LogP) is 3.09. The molecule has 8 heteroatoms. The van der Waals surface area contributed by atoms with Gasteiger partial charge in [-0.1, -0.05) is 13.8 Å². The molecule has 2 aromatic rings. The van der Waals surface area contributed by atoms with Gasteiger partial charge in [0.1, 0.15) is 11.3 Å². The summed E-state index contributed by atoms with van der Waals surface area (Å²) in [6.45, 7) is 4.67.